The first kappa shape index (κ1) is 44.2. The van der Waals surface area contributed by atoms with Crippen molar-refractivity contribution in [2.75, 3.05) is 0 Å². The molecule has 0 unspecified atom stereocenters. The Bertz CT molecular complexity index is 3490. The van der Waals surface area contributed by atoms with E-state index in [9.17, 15) is 4.39 Å². The van der Waals surface area contributed by atoms with Gasteiger partial charge in [-0.3, -0.25) is 4.98 Å². The summed E-state index contributed by atoms with van der Waals surface area (Å²) < 4.78 is 32.4. The molecule has 4 nitrogen and oxygen atoms in total. The number of nitrogens with zero attached hydrogens (tertiary/aromatic N) is 3. The summed E-state index contributed by atoms with van der Waals surface area (Å²) in [5.74, 6) is 6.93. The molecule has 331 valence electrons. The number of furan rings is 1. The van der Waals surface area contributed by atoms with Crippen LogP contribution in [0, 0.1) is 17.9 Å². The zero-order valence-corrected chi connectivity index (χ0v) is 42.4. The fraction of sp³-hybridized carbons (Fsp3) is 0.100. The number of pyridine rings is 1. The molecule has 1 radical (unpaired) electrons. The predicted octanol–water partition coefficient (Wildman–Crippen LogP) is 15.7. The summed E-state index contributed by atoms with van der Waals surface area (Å²) in [6.07, 6.45) is 2.00. The molecule has 0 saturated carbocycles. The average Bonchev–Trinajstić information content (AvgIpc) is 3.93. The van der Waals surface area contributed by atoms with Crippen molar-refractivity contribution in [3.8, 4) is 61.7 Å². The van der Waals surface area contributed by atoms with Crippen LogP contribution in [0.2, 0.25) is 17.3 Å². The number of fused-ring (bicyclic) bond motifs is 4. The van der Waals surface area contributed by atoms with Crippen LogP contribution in [0.25, 0.3) is 94.7 Å². The Morgan fingerprint density at radius 3 is 1.96 bits per heavy atom. The topological polar surface area (TPSA) is 43.9 Å². The Kier molecular flexibility index (Phi) is 12.7. The molecule has 0 saturated heterocycles. The molecule has 0 amide bonds. The minimum absolute atomic E-state index is 0. The second-order valence-electron chi connectivity index (χ2n) is 17.8. The summed E-state index contributed by atoms with van der Waals surface area (Å²) in [6, 6.07) is 69.1. The zero-order valence-electron chi connectivity index (χ0n) is 38.9. The molecular formula is C60H48FGeIrN3O-2. The van der Waals surface area contributed by atoms with Crippen molar-refractivity contribution in [2.24, 2.45) is 0 Å². The molecular weight excluding hydrogens is 1060 g/mol. The second kappa shape index (κ2) is 19.3. The first-order valence-corrected chi connectivity index (χ1v) is 29.6. The summed E-state index contributed by atoms with van der Waals surface area (Å²) in [6.45, 7) is 3.91. The van der Waals surface area contributed by atoms with E-state index >= 15 is 0 Å². The first-order valence-electron chi connectivity index (χ1n) is 22.8. The quantitative estimate of drug-likeness (QED) is 0.112. The van der Waals surface area contributed by atoms with Crippen molar-refractivity contribution >= 4 is 50.6 Å². The molecule has 67 heavy (non-hydrogen) atoms. The van der Waals surface area contributed by atoms with Gasteiger partial charge in [0, 0.05) is 36.6 Å². The van der Waals surface area contributed by atoms with Crippen LogP contribution < -0.4 is 4.40 Å². The van der Waals surface area contributed by atoms with Crippen molar-refractivity contribution in [1.82, 2.24) is 14.5 Å². The van der Waals surface area contributed by atoms with E-state index in [4.69, 9.17) is 10.8 Å². The average molecular weight is 1110 g/mol. The fourth-order valence-corrected chi connectivity index (χ4v) is 12.1. The van der Waals surface area contributed by atoms with E-state index in [1.807, 2.05) is 80.7 Å². The Hall–Kier alpha value is -6.70. The Morgan fingerprint density at radius 1 is 0.642 bits per heavy atom. The summed E-state index contributed by atoms with van der Waals surface area (Å²) >= 11 is -2.03. The van der Waals surface area contributed by atoms with Crippen molar-refractivity contribution < 1.29 is 30.3 Å². The van der Waals surface area contributed by atoms with E-state index in [0.29, 0.717) is 5.58 Å². The summed E-state index contributed by atoms with van der Waals surface area (Å²) in [5.41, 5.74) is 14.5. The van der Waals surface area contributed by atoms with Gasteiger partial charge in [0.15, 0.2) is 0 Å². The molecule has 11 rings (SSSR count). The number of para-hydroxylation sites is 3. The van der Waals surface area contributed by atoms with Gasteiger partial charge in [-0.15, -0.1) is 18.2 Å². The van der Waals surface area contributed by atoms with Gasteiger partial charge < -0.3 is 8.98 Å². The number of halogens is 1. The molecule has 3 aromatic heterocycles. The number of benzene rings is 8. The summed E-state index contributed by atoms with van der Waals surface area (Å²) in [4.78, 5) is 9.88. The number of hydrogen-bond acceptors (Lipinski definition) is 3. The normalized spacial score (nSPS) is 11.8. The largest absolute Gasteiger partial charge is 0 e. The van der Waals surface area contributed by atoms with Gasteiger partial charge in [0.2, 0.25) is 0 Å². The number of imidazole rings is 1. The number of aromatic nitrogens is 3. The third-order valence-corrected chi connectivity index (χ3v) is 16.3. The van der Waals surface area contributed by atoms with Crippen molar-refractivity contribution in [3.05, 3.63) is 218 Å². The molecule has 0 aliphatic heterocycles. The molecule has 0 atom stereocenters. The first-order chi connectivity index (χ1) is 32.4. The molecule has 0 bridgehead atoms. The molecule has 0 spiro atoms. The maximum Gasteiger partial charge on any atom is 0 e. The van der Waals surface area contributed by atoms with Gasteiger partial charge in [-0.05, 0) is 52.6 Å². The minimum Gasteiger partial charge on any atom is 0 e. The van der Waals surface area contributed by atoms with E-state index in [-0.39, 0.29) is 25.9 Å². The fourth-order valence-electron chi connectivity index (χ4n) is 8.80. The maximum atomic E-state index is 13.6. The molecule has 7 heteroatoms. The van der Waals surface area contributed by atoms with E-state index in [2.05, 4.69) is 142 Å². The minimum atomic E-state index is -2.03. The van der Waals surface area contributed by atoms with E-state index in [1.54, 1.807) is 12.1 Å². The van der Waals surface area contributed by atoms with Gasteiger partial charge in [0.05, 0.1) is 28.1 Å². The summed E-state index contributed by atoms with van der Waals surface area (Å²) in [5, 5.41) is 1.98. The SMILES string of the molecule is Fc1ccc(-c2ccc3c(c2)oc2c(-c4nc5ccccc5n4-c4c(-c5ccccc5)cccc4-c4ccccc4)[c-]ccc23)cc1.[2H]C(C)(C)c1cc(-c2[c-]cccc2)nc[c]1[Ge]([CH3])([CH3])[CH3].[Ir]. The molecule has 0 N–H and O–H groups in total. The zero-order chi connectivity index (χ0) is 46.3. The van der Waals surface area contributed by atoms with Crippen LogP contribution >= 0.6 is 0 Å². The Labute approximate surface area is 409 Å². The van der Waals surface area contributed by atoms with Crippen LogP contribution in [0.4, 0.5) is 4.39 Å². The van der Waals surface area contributed by atoms with Crippen LogP contribution in [0.5, 0.6) is 0 Å². The molecule has 8 aromatic carbocycles. The predicted molar refractivity (Wildman–Crippen MR) is 274 cm³/mol. The third kappa shape index (κ3) is 9.10. The van der Waals surface area contributed by atoms with E-state index in [1.165, 1.54) is 16.5 Å². The maximum absolute atomic E-state index is 13.6. The van der Waals surface area contributed by atoms with Gasteiger partial charge in [-0.1, -0.05) is 126 Å². The van der Waals surface area contributed by atoms with E-state index in [0.717, 1.165) is 94.7 Å². The number of rotatable bonds is 8. The molecule has 0 aliphatic rings. The third-order valence-electron chi connectivity index (χ3n) is 12.1. The van der Waals surface area contributed by atoms with Gasteiger partial charge in [0.1, 0.15) is 11.4 Å². The van der Waals surface area contributed by atoms with Gasteiger partial charge in [-0.25, -0.2) is 4.39 Å². The van der Waals surface area contributed by atoms with Crippen LogP contribution in [0.15, 0.2) is 199 Å². The van der Waals surface area contributed by atoms with Gasteiger partial charge >= 0.3 is 120 Å². The second-order valence-corrected chi connectivity index (χ2v) is 28.3. The molecule has 3 heterocycles. The van der Waals surface area contributed by atoms with Gasteiger partial charge in [-0.2, -0.15) is 0 Å². The Morgan fingerprint density at radius 2 is 1.30 bits per heavy atom. The smallest absolute Gasteiger partial charge is 0 e. The summed E-state index contributed by atoms with van der Waals surface area (Å²) in [7, 11) is 0. The molecule has 11 aromatic rings. The van der Waals surface area contributed by atoms with Crippen molar-refractivity contribution in [3.63, 3.8) is 0 Å². The van der Waals surface area contributed by atoms with Crippen molar-refractivity contribution in [2.45, 2.75) is 37.0 Å². The van der Waals surface area contributed by atoms with Crippen LogP contribution in [-0.2, 0) is 20.1 Å². The Balaban J connectivity index is 0.000000232. The van der Waals surface area contributed by atoms with Crippen LogP contribution in [0.1, 0.15) is 26.7 Å². The van der Waals surface area contributed by atoms with E-state index < -0.39 is 19.2 Å². The van der Waals surface area contributed by atoms with Crippen LogP contribution in [-0.4, -0.2) is 27.8 Å². The molecule has 0 fully saturated rings. The standard InChI is InChI=1S/C43H26FN2O.C17H22GeN.Ir/c44-32-24-21-28(22-25-32)31-23-26-35-36-17-10-18-37(42(36)47-40(35)27-31)43-45-38-19-7-8-20-39(38)46(43)41-33(29-11-3-1-4-12-29)15-9-16-34(41)30-13-5-2-6-14-30;1-13(2)15-11-17(14-9-7-6-8-10-14)19-12-16(15)18(3,4)5;/h1-17,19-27H;6-9,11-13H,1-5H3;/q2*-1;/i;13D;. The van der Waals surface area contributed by atoms with Crippen molar-refractivity contribution in [1.29, 1.82) is 0 Å². The number of hydrogen-bond donors (Lipinski definition) is 0. The van der Waals surface area contributed by atoms with Crippen LogP contribution in [0.3, 0.4) is 0 Å². The molecule has 0 aliphatic carbocycles. The van der Waals surface area contributed by atoms with Gasteiger partial charge in [0.25, 0.3) is 0 Å². The monoisotopic (exact) mass is 1110 g/mol.